The minimum atomic E-state index is -4.61. The molecule has 118 valence electrons. The molecule has 0 aliphatic heterocycles. The highest BCUT2D eigenvalue weighted by molar-refractivity contribution is 5.88. The molecule has 2 aromatic rings. The highest BCUT2D eigenvalue weighted by Crippen LogP contribution is 2.24. The fourth-order valence-corrected chi connectivity index (χ4v) is 1.77. The molecule has 1 heterocycles. The molecule has 1 N–H and O–H groups in total. The number of carboxylic acid groups (broad SMARTS) is 1. The number of aromatic nitrogens is 2. The Morgan fingerprint density at radius 1 is 1.41 bits per heavy atom. The van der Waals surface area contributed by atoms with E-state index in [1.807, 2.05) is 0 Å². The molecular formula is C13H10F4N2O3. The maximum absolute atomic E-state index is 13.1. The van der Waals surface area contributed by atoms with Gasteiger partial charge in [0, 0.05) is 0 Å². The van der Waals surface area contributed by atoms with Crippen molar-refractivity contribution in [3.8, 4) is 11.4 Å². The van der Waals surface area contributed by atoms with Crippen molar-refractivity contribution >= 4 is 5.97 Å². The average molecular weight is 318 g/mol. The van der Waals surface area contributed by atoms with Gasteiger partial charge in [-0.25, -0.2) is 13.9 Å². The number of benzene rings is 1. The van der Waals surface area contributed by atoms with Crippen LogP contribution in [-0.2, 0) is 0 Å². The van der Waals surface area contributed by atoms with E-state index in [1.165, 1.54) is 12.1 Å². The maximum atomic E-state index is 13.1. The zero-order chi connectivity index (χ0) is 16.5. The van der Waals surface area contributed by atoms with Gasteiger partial charge < -0.3 is 9.84 Å². The lowest BCUT2D eigenvalue weighted by atomic mass is 10.2. The smallest absolute Gasteiger partial charge is 0.422 e. The molecule has 0 spiro atoms. The third-order valence-electron chi connectivity index (χ3n) is 2.68. The molecule has 0 radical (unpaired) electrons. The van der Waals surface area contributed by atoms with Crippen molar-refractivity contribution in [2.45, 2.75) is 13.1 Å². The Bertz CT molecular complexity index is 710. The van der Waals surface area contributed by atoms with Gasteiger partial charge >= 0.3 is 12.1 Å². The van der Waals surface area contributed by atoms with E-state index in [2.05, 4.69) is 9.84 Å². The first-order chi connectivity index (χ1) is 10.2. The van der Waals surface area contributed by atoms with Gasteiger partial charge in [-0.1, -0.05) is 0 Å². The molecule has 0 aliphatic carbocycles. The number of rotatable bonds is 4. The van der Waals surface area contributed by atoms with Crippen LogP contribution in [0.1, 0.15) is 16.1 Å². The van der Waals surface area contributed by atoms with Crippen LogP contribution in [0.2, 0.25) is 0 Å². The lowest BCUT2D eigenvalue weighted by molar-refractivity contribution is -0.153. The van der Waals surface area contributed by atoms with E-state index in [-0.39, 0.29) is 0 Å². The van der Waals surface area contributed by atoms with Crippen LogP contribution in [0.25, 0.3) is 5.69 Å². The van der Waals surface area contributed by atoms with Crippen LogP contribution >= 0.6 is 0 Å². The lowest BCUT2D eigenvalue weighted by Gasteiger charge is -2.07. The van der Waals surface area contributed by atoms with E-state index >= 15 is 0 Å². The van der Waals surface area contributed by atoms with Gasteiger partial charge in [0.25, 0.3) is 0 Å². The van der Waals surface area contributed by atoms with Crippen LogP contribution in [0.15, 0.2) is 24.4 Å². The van der Waals surface area contributed by atoms with Crippen molar-refractivity contribution in [2.75, 3.05) is 6.61 Å². The second-order valence-corrected chi connectivity index (χ2v) is 4.43. The van der Waals surface area contributed by atoms with Crippen LogP contribution in [0.4, 0.5) is 17.6 Å². The number of ether oxygens (including phenoxy) is 1. The quantitative estimate of drug-likeness (QED) is 0.880. The van der Waals surface area contributed by atoms with Crippen molar-refractivity contribution in [1.29, 1.82) is 0 Å². The second-order valence-electron chi connectivity index (χ2n) is 4.43. The van der Waals surface area contributed by atoms with Crippen LogP contribution in [0.3, 0.4) is 0 Å². The van der Waals surface area contributed by atoms with Crippen LogP contribution in [0, 0.1) is 12.7 Å². The van der Waals surface area contributed by atoms with Crippen LogP contribution in [0.5, 0.6) is 5.75 Å². The van der Waals surface area contributed by atoms with Crippen LogP contribution < -0.4 is 4.74 Å². The zero-order valence-corrected chi connectivity index (χ0v) is 11.2. The minimum absolute atomic E-state index is 0.325. The number of alkyl halides is 3. The van der Waals surface area contributed by atoms with Gasteiger partial charge in [-0.3, -0.25) is 0 Å². The lowest BCUT2D eigenvalue weighted by Crippen LogP contribution is -2.19. The SMILES string of the molecule is Cc1cc(F)ccc1-n1cc(OCC(F)(F)F)c(C(=O)O)n1. The van der Waals surface area contributed by atoms with Gasteiger partial charge in [-0.2, -0.15) is 18.3 Å². The molecule has 0 aliphatic rings. The van der Waals surface area contributed by atoms with Crippen molar-refractivity contribution < 1.29 is 32.2 Å². The molecular weight excluding hydrogens is 308 g/mol. The van der Waals surface area contributed by atoms with E-state index in [1.54, 1.807) is 6.92 Å². The summed E-state index contributed by atoms with van der Waals surface area (Å²) >= 11 is 0. The summed E-state index contributed by atoms with van der Waals surface area (Å²) in [5, 5.41) is 12.6. The summed E-state index contributed by atoms with van der Waals surface area (Å²) in [6.07, 6.45) is -3.60. The van der Waals surface area contributed by atoms with E-state index < -0.39 is 36.0 Å². The fourth-order valence-electron chi connectivity index (χ4n) is 1.77. The minimum Gasteiger partial charge on any atom is -0.480 e. The first kappa shape index (κ1) is 15.8. The molecule has 0 saturated heterocycles. The van der Waals surface area contributed by atoms with Crippen molar-refractivity contribution in [3.63, 3.8) is 0 Å². The summed E-state index contributed by atoms with van der Waals surface area (Å²) in [6.45, 7) is -0.0852. The molecule has 0 fully saturated rings. The monoisotopic (exact) mass is 318 g/mol. The summed E-state index contributed by atoms with van der Waals surface area (Å²) in [6, 6.07) is 3.64. The molecule has 0 atom stereocenters. The number of nitrogens with zero attached hydrogens (tertiary/aromatic N) is 2. The molecule has 1 aromatic carbocycles. The number of hydrogen-bond acceptors (Lipinski definition) is 3. The van der Waals surface area contributed by atoms with Gasteiger partial charge in [-0.15, -0.1) is 0 Å². The van der Waals surface area contributed by atoms with Crippen LogP contribution in [-0.4, -0.2) is 33.6 Å². The molecule has 0 amide bonds. The predicted molar refractivity (Wildman–Crippen MR) is 66.8 cm³/mol. The Labute approximate surface area is 121 Å². The summed E-state index contributed by atoms with van der Waals surface area (Å²) < 4.78 is 55.1. The Hall–Kier alpha value is -2.58. The molecule has 0 unspecified atom stereocenters. The molecule has 5 nitrogen and oxygen atoms in total. The number of halogens is 4. The molecule has 22 heavy (non-hydrogen) atoms. The first-order valence-corrected chi connectivity index (χ1v) is 5.96. The molecule has 1 aromatic heterocycles. The highest BCUT2D eigenvalue weighted by Gasteiger charge is 2.30. The van der Waals surface area contributed by atoms with Crippen molar-refractivity contribution in [2.24, 2.45) is 0 Å². The van der Waals surface area contributed by atoms with Gasteiger partial charge in [0.15, 0.2) is 12.4 Å². The van der Waals surface area contributed by atoms with E-state index in [9.17, 15) is 22.4 Å². The third kappa shape index (κ3) is 3.54. The summed E-state index contributed by atoms with van der Waals surface area (Å²) in [5.41, 5.74) is 0.0977. The summed E-state index contributed by atoms with van der Waals surface area (Å²) in [4.78, 5) is 11.0. The summed E-state index contributed by atoms with van der Waals surface area (Å²) in [7, 11) is 0. The normalized spacial score (nSPS) is 11.5. The second kappa shape index (κ2) is 5.66. The third-order valence-corrected chi connectivity index (χ3v) is 2.68. The maximum Gasteiger partial charge on any atom is 0.422 e. The number of aryl methyl sites for hydroxylation is 1. The van der Waals surface area contributed by atoms with Gasteiger partial charge in [-0.05, 0) is 30.7 Å². The largest absolute Gasteiger partial charge is 0.480 e. The Balaban J connectivity index is 2.40. The highest BCUT2D eigenvalue weighted by atomic mass is 19.4. The molecule has 9 heteroatoms. The first-order valence-electron chi connectivity index (χ1n) is 5.96. The van der Waals surface area contributed by atoms with E-state index in [4.69, 9.17) is 5.11 Å². The number of aromatic carboxylic acids is 1. The number of carboxylic acids is 1. The van der Waals surface area contributed by atoms with Crippen molar-refractivity contribution in [1.82, 2.24) is 9.78 Å². The Morgan fingerprint density at radius 2 is 2.09 bits per heavy atom. The zero-order valence-electron chi connectivity index (χ0n) is 11.2. The molecule has 2 rings (SSSR count). The van der Waals surface area contributed by atoms with E-state index in [0.717, 1.165) is 16.9 Å². The Kier molecular flexibility index (Phi) is 4.07. The Morgan fingerprint density at radius 3 is 2.64 bits per heavy atom. The van der Waals surface area contributed by atoms with Gasteiger partial charge in [0.2, 0.25) is 5.69 Å². The average Bonchev–Trinajstić information content (AvgIpc) is 2.79. The molecule has 0 bridgehead atoms. The van der Waals surface area contributed by atoms with Crippen molar-refractivity contribution in [3.05, 3.63) is 41.5 Å². The summed E-state index contributed by atoms with van der Waals surface area (Å²) in [5.74, 6) is -2.55. The number of hydrogen-bond donors (Lipinski definition) is 1. The number of carbonyl (C=O) groups is 1. The molecule has 0 saturated carbocycles. The fraction of sp³-hybridized carbons (Fsp3) is 0.231. The topological polar surface area (TPSA) is 64.3 Å². The predicted octanol–water partition coefficient (Wildman–Crippen LogP) is 2.96. The van der Waals surface area contributed by atoms with Gasteiger partial charge in [0.1, 0.15) is 5.82 Å². The standard InChI is InChI=1S/C13H10F4N2O3/c1-7-4-8(14)2-3-9(7)19-5-10(11(18-19)12(20)21)22-6-13(15,16)17/h2-5H,6H2,1H3,(H,20,21). The van der Waals surface area contributed by atoms with E-state index in [0.29, 0.717) is 11.3 Å². The van der Waals surface area contributed by atoms with Gasteiger partial charge in [0.05, 0.1) is 11.9 Å².